The van der Waals surface area contributed by atoms with Gasteiger partial charge in [0.25, 0.3) is 0 Å². The monoisotopic (exact) mass is 405 g/mol. The van der Waals surface area contributed by atoms with Crippen LogP contribution in [0.15, 0.2) is 18.2 Å². The second kappa shape index (κ2) is 6.67. The van der Waals surface area contributed by atoms with E-state index in [-0.39, 0.29) is 5.02 Å². The van der Waals surface area contributed by atoms with Gasteiger partial charge in [-0.3, -0.25) is 0 Å². The summed E-state index contributed by atoms with van der Waals surface area (Å²) >= 11 is 8.06. The summed E-state index contributed by atoms with van der Waals surface area (Å²) in [5.41, 5.74) is 1.67. The molecule has 1 aromatic heterocycles. The summed E-state index contributed by atoms with van der Waals surface area (Å²) in [7, 11) is 0. The molecule has 0 saturated carbocycles. The molecule has 0 aliphatic carbocycles. The van der Waals surface area contributed by atoms with Crippen LogP contribution in [0.25, 0.3) is 11.4 Å². The van der Waals surface area contributed by atoms with Gasteiger partial charge >= 0.3 is 0 Å². The van der Waals surface area contributed by atoms with Crippen molar-refractivity contribution in [2.24, 2.45) is 0 Å². The van der Waals surface area contributed by atoms with Crippen LogP contribution in [0.2, 0.25) is 5.02 Å². The van der Waals surface area contributed by atoms with Gasteiger partial charge in [0.2, 0.25) is 0 Å². The SMILES string of the molecule is CCNc1nc(-c2ccc(F)c(Cl)c2)nc(CC)c1I. The van der Waals surface area contributed by atoms with Crippen molar-refractivity contribution in [2.45, 2.75) is 20.3 Å². The first-order chi connectivity index (χ1) is 9.56. The standard InChI is InChI=1S/C14H14ClFIN3/c1-3-11-12(17)14(18-4-2)20-13(19-11)8-5-6-10(16)9(15)7-8/h5-7H,3-4H2,1-2H3,(H,18,19,20). The van der Waals surface area contributed by atoms with E-state index in [2.05, 4.69) is 37.9 Å². The van der Waals surface area contributed by atoms with Crippen LogP contribution >= 0.6 is 34.2 Å². The number of hydrogen-bond donors (Lipinski definition) is 1. The molecule has 0 aliphatic rings. The van der Waals surface area contributed by atoms with Crippen LogP contribution in [0.4, 0.5) is 10.2 Å². The van der Waals surface area contributed by atoms with Crippen LogP contribution < -0.4 is 5.32 Å². The minimum absolute atomic E-state index is 0.0766. The lowest BCUT2D eigenvalue weighted by Gasteiger charge is -2.11. The maximum atomic E-state index is 13.2. The van der Waals surface area contributed by atoms with E-state index in [0.29, 0.717) is 11.4 Å². The van der Waals surface area contributed by atoms with Gasteiger partial charge in [-0.15, -0.1) is 0 Å². The Kier molecular flexibility index (Phi) is 5.15. The predicted octanol–water partition coefficient (Wildman–Crippen LogP) is 4.53. The summed E-state index contributed by atoms with van der Waals surface area (Å²) in [6.07, 6.45) is 0.807. The first-order valence-electron chi connectivity index (χ1n) is 6.32. The third-order valence-corrected chi connectivity index (χ3v) is 4.20. The highest BCUT2D eigenvalue weighted by molar-refractivity contribution is 14.1. The molecule has 0 aliphatic heterocycles. The van der Waals surface area contributed by atoms with Crippen LogP contribution in [-0.2, 0) is 6.42 Å². The fourth-order valence-corrected chi connectivity index (χ4v) is 2.77. The van der Waals surface area contributed by atoms with Crippen LogP contribution in [-0.4, -0.2) is 16.5 Å². The van der Waals surface area contributed by atoms with Gasteiger partial charge in [0.1, 0.15) is 11.6 Å². The van der Waals surface area contributed by atoms with E-state index in [4.69, 9.17) is 11.6 Å². The molecule has 0 bridgehead atoms. The number of nitrogens with zero attached hydrogens (tertiary/aromatic N) is 2. The normalized spacial score (nSPS) is 10.7. The van der Waals surface area contributed by atoms with Crippen molar-refractivity contribution in [3.8, 4) is 11.4 Å². The highest BCUT2D eigenvalue weighted by atomic mass is 127. The average molecular weight is 406 g/mol. The molecule has 0 atom stereocenters. The third kappa shape index (κ3) is 3.20. The van der Waals surface area contributed by atoms with Crippen LogP contribution in [0, 0.1) is 9.39 Å². The molecule has 0 unspecified atom stereocenters. The number of anilines is 1. The largest absolute Gasteiger partial charge is 0.369 e. The number of aromatic nitrogens is 2. The lowest BCUT2D eigenvalue weighted by Crippen LogP contribution is -2.07. The Morgan fingerprint density at radius 2 is 2.05 bits per heavy atom. The van der Waals surface area contributed by atoms with Crippen molar-refractivity contribution in [2.75, 3.05) is 11.9 Å². The maximum absolute atomic E-state index is 13.2. The summed E-state index contributed by atoms with van der Waals surface area (Å²) in [6.45, 7) is 4.83. The number of rotatable bonds is 4. The van der Waals surface area contributed by atoms with Gasteiger partial charge in [0.15, 0.2) is 5.82 Å². The van der Waals surface area contributed by atoms with Crippen molar-refractivity contribution in [3.63, 3.8) is 0 Å². The summed E-state index contributed by atoms with van der Waals surface area (Å²) < 4.78 is 14.3. The molecule has 0 fully saturated rings. The Hall–Kier alpha value is -0.950. The molecule has 2 aromatic rings. The lowest BCUT2D eigenvalue weighted by molar-refractivity contribution is 0.628. The van der Waals surface area contributed by atoms with Crippen LogP contribution in [0.1, 0.15) is 19.5 Å². The van der Waals surface area contributed by atoms with E-state index in [1.54, 1.807) is 12.1 Å². The van der Waals surface area contributed by atoms with E-state index >= 15 is 0 Å². The second-order valence-corrected chi connectivity index (χ2v) is 5.66. The van der Waals surface area contributed by atoms with Gasteiger partial charge in [-0.2, -0.15) is 0 Å². The van der Waals surface area contributed by atoms with Crippen molar-refractivity contribution >= 4 is 40.0 Å². The Morgan fingerprint density at radius 3 is 2.65 bits per heavy atom. The Bertz CT molecular complexity index is 634. The molecule has 0 amide bonds. The summed E-state index contributed by atoms with van der Waals surface area (Å²) in [4.78, 5) is 9.04. The number of hydrogen-bond acceptors (Lipinski definition) is 3. The minimum Gasteiger partial charge on any atom is -0.369 e. The van der Waals surface area contributed by atoms with Crippen molar-refractivity contribution in [1.82, 2.24) is 9.97 Å². The molecule has 106 valence electrons. The smallest absolute Gasteiger partial charge is 0.161 e. The molecule has 6 heteroatoms. The molecule has 0 saturated heterocycles. The first-order valence-corrected chi connectivity index (χ1v) is 7.78. The molecule has 0 spiro atoms. The van der Waals surface area contributed by atoms with Gasteiger partial charge in [-0.1, -0.05) is 18.5 Å². The van der Waals surface area contributed by atoms with Gasteiger partial charge in [-0.25, -0.2) is 14.4 Å². The summed E-state index contributed by atoms with van der Waals surface area (Å²) in [6, 6.07) is 4.52. The maximum Gasteiger partial charge on any atom is 0.161 e. The predicted molar refractivity (Wildman–Crippen MR) is 88.7 cm³/mol. The molecule has 3 nitrogen and oxygen atoms in total. The molecule has 20 heavy (non-hydrogen) atoms. The number of benzene rings is 1. The van der Waals surface area contributed by atoms with Crippen molar-refractivity contribution < 1.29 is 4.39 Å². The number of aryl methyl sites for hydroxylation is 1. The zero-order valence-corrected chi connectivity index (χ0v) is 14.1. The van der Waals surface area contributed by atoms with Gasteiger partial charge in [-0.05, 0) is 54.1 Å². The van der Waals surface area contributed by atoms with Gasteiger partial charge in [0.05, 0.1) is 14.3 Å². The van der Waals surface area contributed by atoms with E-state index in [9.17, 15) is 4.39 Å². The topological polar surface area (TPSA) is 37.8 Å². The Labute approximate surface area is 136 Å². The average Bonchev–Trinajstić information content (AvgIpc) is 2.44. The highest BCUT2D eigenvalue weighted by Gasteiger charge is 2.13. The van der Waals surface area contributed by atoms with E-state index in [0.717, 1.165) is 28.0 Å². The third-order valence-electron chi connectivity index (χ3n) is 2.78. The Morgan fingerprint density at radius 1 is 1.30 bits per heavy atom. The van der Waals surface area contributed by atoms with Crippen LogP contribution in [0.3, 0.4) is 0 Å². The molecular formula is C14H14ClFIN3. The second-order valence-electron chi connectivity index (χ2n) is 4.17. The zero-order valence-electron chi connectivity index (χ0n) is 11.2. The minimum atomic E-state index is -0.441. The van der Waals surface area contributed by atoms with E-state index in [1.165, 1.54) is 6.07 Å². The summed E-state index contributed by atoms with van der Waals surface area (Å²) in [5.74, 6) is 0.916. The lowest BCUT2D eigenvalue weighted by atomic mass is 10.2. The van der Waals surface area contributed by atoms with E-state index in [1.807, 2.05) is 13.8 Å². The fourth-order valence-electron chi connectivity index (χ4n) is 1.78. The fraction of sp³-hybridized carbons (Fsp3) is 0.286. The highest BCUT2D eigenvalue weighted by Crippen LogP contribution is 2.27. The number of halogens is 3. The molecule has 0 radical (unpaired) electrons. The van der Waals surface area contributed by atoms with Gasteiger partial charge in [0, 0.05) is 12.1 Å². The first kappa shape index (κ1) is 15.4. The molecule has 1 aromatic carbocycles. The van der Waals surface area contributed by atoms with Crippen molar-refractivity contribution in [3.05, 3.63) is 38.3 Å². The molecule has 1 heterocycles. The van der Waals surface area contributed by atoms with Crippen LogP contribution in [0.5, 0.6) is 0 Å². The summed E-state index contributed by atoms with van der Waals surface area (Å²) in [5, 5.41) is 3.30. The number of nitrogens with one attached hydrogen (secondary N) is 1. The molecular weight excluding hydrogens is 392 g/mol. The Balaban J connectivity index is 2.55. The van der Waals surface area contributed by atoms with Crippen molar-refractivity contribution in [1.29, 1.82) is 0 Å². The molecule has 1 N–H and O–H groups in total. The quantitative estimate of drug-likeness (QED) is 0.759. The van der Waals surface area contributed by atoms with Gasteiger partial charge < -0.3 is 5.32 Å². The van der Waals surface area contributed by atoms with E-state index < -0.39 is 5.82 Å². The molecule has 2 rings (SSSR count). The zero-order chi connectivity index (χ0) is 14.7.